The molecule has 0 unspecified atom stereocenters. The molecule has 0 aliphatic carbocycles. The number of hydrogen-bond acceptors (Lipinski definition) is 3. The highest BCUT2D eigenvalue weighted by Gasteiger charge is 2.00. The van der Waals surface area contributed by atoms with Gasteiger partial charge in [-0.3, -0.25) is 9.63 Å². The van der Waals surface area contributed by atoms with Gasteiger partial charge in [0, 0.05) is 17.8 Å². The molecule has 1 N–H and O–H groups in total. The fraction of sp³-hybridized carbons (Fsp3) is 0.0526. The monoisotopic (exact) mass is 319 g/mol. The maximum absolute atomic E-state index is 11.7. The number of nitrogens with one attached hydrogen (secondary N) is 1. The number of nitrogens with zero attached hydrogens (tertiary/aromatic N) is 2. The van der Waals surface area contributed by atoms with Gasteiger partial charge in [0.05, 0.1) is 18.5 Å². The van der Waals surface area contributed by atoms with E-state index in [2.05, 4.69) is 10.6 Å². The molecular formula is C19H17N3O2. The molecule has 5 heteroatoms. The van der Waals surface area contributed by atoms with Gasteiger partial charge in [0.15, 0.2) is 0 Å². The van der Waals surface area contributed by atoms with Crippen molar-refractivity contribution in [3.05, 3.63) is 90.3 Å². The van der Waals surface area contributed by atoms with Crippen molar-refractivity contribution < 1.29 is 9.63 Å². The summed E-state index contributed by atoms with van der Waals surface area (Å²) >= 11 is 0. The Hall–Kier alpha value is -3.18. The lowest BCUT2D eigenvalue weighted by Gasteiger charge is -2.03. The highest BCUT2D eigenvalue weighted by atomic mass is 16.6. The second kappa shape index (κ2) is 7.89. The molecule has 0 radical (unpaired) electrons. The lowest BCUT2D eigenvalue weighted by molar-refractivity contribution is -0.129. The first kappa shape index (κ1) is 15.7. The van der Waals surface area contributed by atoms with Crippen molar-refractivity contribution in [2.45, 2.75) is 6.61 Å². The van der Waals surface area contributed by atoms with Crippen LogP contribution in [0.15, 0.2) is 79.1 Å². The van der Waals surface area contributed by atoms with Crippen molar-refractivity contribution in [2.24, 2.45) is 0 Å². The summed E-state index contributed by atoms with van der Waals surface area (Å²) in [6, 6.07) is 19.4. The molecule has 1 amide bonds. The molecule has 24 heavy (non-hydrogen) atoms. The van der Waals surface area contributed by atoms with Crippen LogP contribution < -0.4 is 5.48 Å². The van der Waals surface area contributed by atoms with E-state index in [0.717, 1.165) is 16.8 Å². The van der Waals surface area contributed by atoms with E-state index in [1.807, 2.05) is 66.9 Å². The Morgan fingerprint density at radius 1 is 1.08 bits per heavy atom. The number of benzene rings is 2. The van der Waals surface area contributed by atoms with Crippen molar-refractivity contribution in [1.82, 2.24) is 15.3 Å². The van der Waals surface area contributed by atoms with E-state index in [0.29, 0.717) is 6.61 Å². The topological polar surface area (TPSA) is 56.2 Å². The first-order valence-electron chi connectivity index (χ1n) is 7.55. The van der Waals surface area contributed by atoms with Crippen LogP contribution in [0.3, 0.4) is 0 Å². The van der Waals surface area contributed by atoms with Crippen LogP contribution in [0.25, 0.3) is 11.8 Å². The van der Waals surface area contributed by atoms with Gasteiger partial charge in [-0.1, -0.05) is 48.5 Å². The molecule has 0 bridgehead atoms. The van der Waals surface area contributed by atoms with Gasteiger partial charge in [0.25, 0.3) is 5.91 Å². The van der Waals surface area contributed by atoms with Gasteiger partial charge in [0.1, 0.15) is 0 Å². The van der Waals surface area contributed by atoms with Gasteiger partial charge in [-0.05, 0) is 23.8 Å². The van der Waals surface area contributed by atoms with Crippen molar-refractivity contribution in [3.8, 4) is 5.69 Å². The zero-order valence-corrected chi connectivity index (χ0v) is 13.0. The number of carbonyl (C=O) groups excluding carboxylic acids is 1. The van der Waals surface area contributed by atoms with Gasteiger partial charge in [-0.2, -0.15) is 5.10 Å². The molecule has 3 aromatic rings. The molecule has 0 atom stereocenters. The first-order valence-corrected chi connectivity index (χ1v) is 7.55. The number of carbonyl (C=O) groups is 1. The molecule has 1 aromatic heterocycles. The standard InChI is InChI=1S/C19H17N3O2/c23-19(21-24-15-16-7-3-1-4-8-16)12-11-17-13-20-22(14-17)18-9-5-2-6-10-18/h1-14H,15H2,(H,21,23)/b12-11+. The molecule has 0 fully saturated rings. The minimum Gasteiger partial charge on any atom is -0.269 e. The first-order chi connectivity index (χ1) is 11.8. The third-order valence-electron chi connectivity index (χ3n) is 3.30. The number of aromatic nitrogens is 2. The van der Waals surface area contributed by atoms with Gasteiger partial charge >= 0.3 is 0 Å². The van der Waals surface area contributed by atoms with Crippen LogP contribution in [0.5, 0.6) is 0 Å². The molecule has 0 saturated heterocycles. The molecule has 1 heterocycles. The smallest absolute Gasteiger partial charge is 0.267 e. The highest BCUT2D eigenvalue weighted by Crippen LogP contribution is 2.08. The summed E-state index contributed by atoms with van der Waals surface area (Å²) in [6.07, 6.45) is 6.65. The largest absolute Gasteiger partial charge is 0.269 e. The summed E-state index contributed by atoms with van der Waals surface area (Å²) in [5.74, 6) is -0.321. The maximum atomic E-state index is 11.7. The minimum atomic E-state index is -0.321. The molecule has 0 spiro atoms. The number of hydroxylamine groups is 1. The summed E-state index contributed by atoms with van der Waals surface area (Å²) in [6.45, 7) is 0.326. The molecule has 0 aliphatic heterocycles. The SMILES string of the molecule is O=C(/C=C/c1cnn(-c2ccccc2)c1)NOCc1ccccc1. The number of amides is 1. The minimum absolute atomic E-state index is 0.321. The second-order valence-electron chi connectivity index (χ2n) is 5.13. The molecule has 3 rings (SSSR count). The highest BCUT2D eigenvalue weighted by molar-refractivity contribution is 5.90. The van der Waals surface area contributed by atoms with Crippen molar-refractivity contribution in [3.63, 3.8) is 0 Å². The normalized spacial score (nSPS) is 10.8. The van der Waals surface area contributed by atoms with Gasteiger partial charge in [-0.15, -0.1) is 0 Å². The van der Waals surface area contributed by atoms with E-state index in [9.17, 15) is 4.79 Å². The van der Waals surface area contributed by atoms with E-state index in [4.69, 9.17) is 4.84 Å². The average molecular weight is 319 g/mol. The summed E-state index contributed by atoms with van der Waals surface area (Å²) in [7, 11) is 0. The molecule has 2 aromatic carbocycles. The van der Waals surface area contributed by atoms with Gasteiger partial charge in [-0.25, -0.2) is 10.2 Å². The zero-order valence-electron chi connectivity index (χ0n) is 13.0. The van der Waals surface area contributed by atoms with Crippen molar-refractivity contribution in [1.29, 1.82) is 0 Å². The Morgan fingerprint density at radius 3 is 2.54 bits per heavy atom. The van der Waals surface area contributed by atoms with E-state index in [-0.39, 0.29) is 5.91 Å². The van der Waals surface area contributed by atoms with E-state index < -0.39 is 0 Å². The van der Waals surface area contributed by atoms with Crippen LogP contribution in [-0.2, 0) is 16.2 Å². The average Bonchev–Trinajstić information content (AvgIpc) is 3.11. The lowest BCUT2D eigenvalue weighted by Crippen LogP contribution is -2.21. The molecule has 5 nitrogen and oxygen atoms in total. The summed E-state index contributed by atoms with van der Waals surface area (Å²) in [5.41, 5.74) is 5.17. The van der Waals surface area contributed by atoms with Crippen LogP contribution >= 0.6 is 0 Å². The van der Waals surface area contributed by atoms with E-state index in [1.54, 1.807) is 17.0 Å². The fourth-order valence-corrected chi connectivity index (χ4v) is 2.12. The number of para-hydroxylation sites is 1. The quantitative estimate of drug-likeness (QED) is 0.561. The molecule has 0 aliphatic rings. The Morgan fingerprint density at radius 2 is 1.79 bits per heavy atom. The van der Waals surface area contributed by atoms with Crippen molar-refractivity contribution >= 4 is 12.0 Å². The molecule has 0 saturated carbocycles. The summed E-state index contributed by atoms with van der Waals surface area (Å²) in [5, 5.41) is 4.27. The summed E-state index contributed by atoms with van der Waals surface area (Å²) < 4.78 is 1.75. The Kier molecular flexibility index (Phi) is 5.17. The van der Waals surface area contributed by atoms with Crippen LogP contribution in [0, 0.1) is 0 Å². The van der Waals surface area contributed by atoms with Crippen LogP contribution in [0.4, 0.5) is 0 Å². The Bertz CT molecular complexity index is 811. The summed E-state index contributed by atoms with van der Waals surface area (Å²) in [4.78, 5) is 16.9. The predicted octanol–water partition coefficient (Wildman–Crippen LogP) is 3.13. The second-order valence-corrected chi connectivity index (χ2v) is 5.13. The Balaban J connectivity index is 1.50. The number of rotatable bonds is 6. The van der Waals surface area contributed by atoms with Crippen LogP contribution in [0.1, 0.15) is 11.1 Å². The predicted molar refractivity (Wildman–Crippen MR) is 92.0 cm³/mol. The maximum Gasteiger partial charge on any atom is 0.267 e. The van der Waals surface area contributed by atoms with Gasteiger partial charge < -0.3 is 0 Å². The fourth-order valence-electron chi connectivity index (χ4n) is 2.12. The third kappa shape index (κ3) is 4.41. The van der Waals surface area contributed by atoms with Crippen LogP contribution in [0.2, 0.25) is 0 Å². The number of hydrogen-bond donors (Lipinski definition) is 1. The lowest BCUT2D eigenvalue weighted by atomic mass is 10.2. The zero-order chi connectivity index (χ0) is 16.6. The third-order valence-corrected chi connectivity index (χ3v) is 3.30. The van der Waals surface area contributed by atoms with Crippen molar-refractivity contribution in [2.75, 3.05) is 0 Å². The van der Waals surface area contributed by atoms with E-state index in [1.165, 1.54) is 6.08 Å². The Labute approximate surface area is 140 Å². The van der Waals surface area contributed by atoms with Gasteiger partial charge in [0.2, 0.25) is 0 Å². The molecular weight excluding hydrogens is 302 g/mol. The van der Waals surface area contributed by atoms with Crippen LogP contribution in [-0.4, -0.2) is 15.7 Å². The molecule has 120 valence electrons. The van der Waals surface area contributed by atoms with E-state index >= 15 is 0 Å².